The molecular weight excluding hydrogens is 336 g/mol. The van der Waals surface area contributed by atoms with Crippen molar-refractivity contribution in [2.45, 2.75) is 92.4 Å². The summed E-state index contributed by atoms with van der Waals surface area (Å²) in [6.45, 7) is 17.8. The monoisotopic (exact) mass is 372 g/mol. The summed E-state index contributed by atoms with van der Waals surface area (Å²) < 4.78 is 11.8. The molecule has 0 spiro atoms. The molecule has 4 heteroatoms. The molecule has 150 valence electrons. The molecule has 1 saturated carbocycles. The lowest BCUT2D eigenvalue weighted by molar-refractivity contribution is 0.269. The van der Waals surface area contributed by atoms with Crippen molar-refractivity contribution in [3.8, 4) is 0 Å². The van der Waals surface area contributed by atoms with Crippen molar-refractivity contribution in [1.29, 1.82) is 0 Å². The molecule has 2 atom stereocenters. The first kappa shape index (κ1) is 20.2. The van der Waals surface area contributed by atoms with Crippen molar-refractivity contribution >= 4 is 0 Å². The minimum atomic E-state index is 0.00665. The van der Waals surface area contributed by atoms with Gasteiger partial charge in [-0.3, -0.25) is 0 Å². The van der Waals surface area contributed by atoms with Gasteiger partial charge in [0.2, 0.25) is 0 Å². The van der Waals surface area contributed by atoms with E-state index in [1.54, 1.807) is 0 Å². The largest absolute Gasteiger partial charge is 0.448 e. The van der Waals surface area contributed by atoms with Crippen LogP contribution in [0.2, 0.25) is 0 Å². The van der Waals surface area contributed by atoms with E-state index in [2.05, 4.69) is 60.4 Å². The molecule has 2 unspecified atom stereocenters. The molecule has 0 amide bonds. The van der Waals surface area contributed by atoms with Crippen molar-refractivity contribution in [3.63, 3.8) is 0 Å². The first-order valence-corrected chi connectivity index (χ1v) is 10.2. The van der Waals surface area contributed by atoms with Gasteiger partial charge in [0.05, 0.1) is 11.9 Å². The van der Waals surface area contributed by atoms with Gasteiger partial charge >= 0.3 is 0 Å². The number of hydrogen-bond acceptors (Lipinski definition) is 4. The van der Waals surface area contributed by atoms with Crippen LogP contribution in [0.5, 0.6) is 0 Å². The van der Waals surface area contributed by atoms with Crippen LogP contribution in [0.1, 0.15) is 97.4 Å². The molecule has 2 aromatic rings. The SMILES string of the molecule is CC(C)(C)Cc1coc(C2CC2CC(C)(C)Cc2ncc(C(C)(C)C)o2)n1. The molecule has 0 saturated heterocycles. The summed E-state index contributed by atoms with van der Waals surface area (Å²) in [5.74, 6) is 3.88. The van der Waals surface area contributed by atoms with Gasteiger partial charge in [0, 0.05) is 17.8 Å². The minimum Gasteiger partial charge on any atom is -0.448 e. The van der Waals surface area contributed by atoms with Crippen LogP contribution in [-0.2, 0) is 18.3 Å². The number of rotatable bonds is 6. The maximum Gasteiger partial charge on any atom is 0.197 e. The third kappa shape index (κ3) is 5.46. The lowest BCUT2D eigenvalue weighted by atomic mass is 9.83. The van der Waals surface area contributed by atoms with E-state index >= 15 is 0 Å². The Morgan fingerprint density at radius 2 is 1.74 bits per heavy atom. The van der Waals surface area contributed by atoms with E-state index < -0.39 is 0 Å². The van der Waals surface area contributed by atoms with E-state index in [9.17, 15) is 0 Å². The summed E-state index contributed by atoms with van der Waals surface area (Å²) in [5.41, 5.74) is 1.48. The fourth-order valence-electron chi connectivity index (χ4n) is 3.82. The summed E-state index contributed by atoms with van der Waals surface area (Å²) in [5, 5.41) is 0. The molecule has 1 aliphatic rings. The highest BCUT2D eigenvalue weighted by Crippen LogP contribution is 2.53. The maximum absolute atomic E-state index is 6.01. The van der Waals surface area contributed by atoms with Crippen molar-refractivity contribution in [3.05, 3.63) is 35.7 Å². The molecule has 27 heavy (non-hydrogen) atoms. The average Bonchev–Trinajstić information content (AvgIpc) is 2.89. The summed E-state index contributed by atoms with van der Waals surface area (Å²) in [6, 6.07) is 0. The van der Waals surface area contributed by atoms with Crippen LogP contribution in [-0.4, -0.2) is 9.97 Å². The molecular formula is C23H36N2O2. The van der Waals surface area contributed by atoms with E-state index in [1.807, 2.05) is 12.5 Å². The fraction of sp³-hybridized carbons (Fsp3) is 0.739. The lowest BCUT2D eigenvalue weighted by Gasteiger charge is -2.23. The van der Waals surface area contributed by atoms with Crippen LogP contribution in [0, 0.1) is 16.7 Å². The number of oxazole rings is 2. The Balaban J connectivity index is 1.56. The highest BCUT2D eigenvalue weighted by Gasteiger charge is 2.45. The Bertz CT molecular complexity index is 771. The van der Waals surface area contributed by atoms with Crippen molar-refractivity contribution in [1.82, 2.24) is 9.97 Å². The Hall–Kier alpha value is -1.58. The smallest absolute Gasteiger partial charge is 0.197 e. The van der Waals surface area contributed by atoms with Crippen LogP contribution >= 0.6 is 0 Å². The van der Waals surface area contributed by atoms with Gasteiger partial charge in [-0.2, -0.15) is 0 Å². The molecule has 4 nitrogen and oxygen atoms in total. The van der Waals surface area contributed by atoms with E-state index in [0.29, 0.717) is 11.8 Å². The maximum atomic E-state index is 6.01. The van der Waals surface area contributed by atoms with Gasteiger partial charge in [-0.1, -0.05) is 55.4 Å². The second-order valence-electron chi connectivity index (χ2n) is 11.4. The summed E-state index contributed by atoms with van der Waals surface area (Å²) >= 11 is 0. The number of hydrogen-bond donors (Lipinski definition) is 0. The standard InChI is InChI=1S/C23H36N2O2/c1-21(2,3)11-16-14-26-20(25-16)17-9-15(17)10-23(7,8)12-19-24-13-18(27-19)22(4,5)6/h13-15,17H,9-12H2,1-8H3. The van der Waals surface area contributed by atoms with E-state index in [4.69, 9.17) is 13.8 Å². The first-order valence-electron chi connectivity index (χ1n) is 10.2. The van der Waals surface area contributed by atoms with Crippen LogP contribution in [0.3, 0.4) is 0 Å². The number of aromatic nitrogens is 2. The topological polar surface area (TPSA) is 52.1 Å². The van der Waals surface area contributed by atoms with Gasteiger partial charge in [-0.15, -0.1) is 0 Å². The van der Waals surface area contributed by atoms with Crippen LogP contribution in [0.25, 0.3) is 0 Å². The Labute approximate surface area is 164 Å². The molecule has 2 aromatic heterocycles. The fourth-order valence-corrected chi connectivity index (χ4v) is 3.82. The zero-order valence-corrected chi connectivity index (χ0v) is 18.3. The molecule has 0 radical (unpaired) electrons. The third-order valence-corrected chi connectivity index (χ3v) is 5.26. The van der Waals surface area contributed by atoms with E-state index in [-0.39, 0.29) is 16.2 Å². The molecule has 0 bridgehead atoms. The van der Waals surface area contributed by atoms with E-state index in [1.165, 1.54) is 6.42 Å². The Morgan fingerprint density at radius 3 is 2.33 bits per heavy atom. The second-order valence-corrected chi connectivity index (χ2v) is 11.4. The molecule has 1 aliphatic carbocycles. The van der Waals surface area contributed by atoms with Crippen molar-refractivity contribution in [2.75, 3.05) is 0 Å². The highest BCUT2D eigenvalue weighted by atomic mass is 16.4. The molecule has 0 aliphatic heterocycles. The summed E-state index contributed by atoms with van der Waals surface area (Å²) in [4.78, 5) is 9.27. The lowest BCUT2D eigenvalue weighted by Crippen LogP contribution is -2.16. The van der Waals surface area contributed by atoms with Crippen molar-refractivity contribution < 1.29 is 8.83 Å². The second kappa shape index (κ2) is 6.79. The van der Waals surface area contributed by atoms with Gasteiger partial charge in [-0.05, 0) is 36.0 Å². The van der Waals surface area contributed by atoms with Gasteiger partial charge < -0.3 is 8.83 Å². The summed E-state index contributed by atoms with van der Waals surface area (Å²) in [7, 11) is 0. The van der Waals surface area contributed by atoms with Crippen molar-refractivity contribution in [2.24, 2.45) is 16.7 Å². The van der Waals surface area contributed by atoms with Gasteiger partial charge in [-0.25, -0.2) is 9.97 Å². The zero-order valence-electron chi connectivity index (χ0n) is 18.3. The Morgan fingerprint density at radius 1 is 1.04 bits per heavy atom. The van der Waals surface area contributed by atoms with Gasteiger partial charge in [0.15, 0.2) is 11.8 Å². The molecule has 1 fully saturated rings. The van der Waals surface area contributed by atoms with Crippen LogP contribution < -0.4 is 0 Å². The molecule has 3 rings (SSSR count). The van der Waals surface area contributed by atoms with Gasteiger partial charge in [0.1, 0.15) is 12.0 Å². The molecule has 2 heterocycles. The normalized spacial score (nSPS) is 20.9. The molecule has 0 N–H and O–H groups in total. The quantitative estimate of drug-likeness (QED) is 0.596. The van der Waals surface area contributed by atoms with Crippen LogP contribution in [0.15, 0.2) is 21.3 Å². The average molecular weight is 373 g/mol. The van der Waals surface area contributed by atoms with Gasteiger partial charge in [0.25, 0.3) is 0 Å². The summed E-state index contributed by atoms with van der Waals surface area (Å²) in [6.07, 6.45) is 7.88. The highest BCUT2D eigenvalue weighted by molar-refractivity contribution is 5.12. The minimum absolute atomic E-state index is 0.00665. The Kier molecular flexibility index (Phi) is 5.07. The predicted octanol–water partition coefficient (Wildman–Crippen LogP) is 6.31. The first-order chi connectivity index (χ1) is 12.3. The van der Waals surface area contributed by atoms with Crippen LogP contribution in [0.4, 0.5) is 0 Å². The van der Waals surface area contributed by atoms with E-state index in [0.717, 1.165) is 42.5 Å². The number of nitrogens with zero attached hydrogens (tertiary/aromatic N) is 2. The predicted molar refractivity (Wildman–Crippen MR) is 108 cm³/mol. The zero-order chi connectivity index (χ0) is 20.0. The molecule has 0 aromatic carbocycles. The third-order valence-electron chi connectivity index (χ3n) is 5.26.